The molecule has 0 saturated heterocycles. The van der Waals surface area contributed by atoms with Crippen molar-refractivity contribution in [1.29, 1.82) is 0 Å². The smallest absolute Gasteiger partial charge is 0.270 e. The van der Waals surface area contributed by atoms with Crippen molar-refractivity contribution in [2.75, 3.05) is 7.05 Å². The standard InChI is InChI=1S/C13H13ClN4O/c1-17-8-3-2-4-9(8)18-10(12(17)19)5-7-6-15-13(14)16-11(7)18/h5-6,8-9H,2-4H2,1H3. The van der Waals surface area contributed by atoms with Gasteiger partial charge >= 0.3 is 0 Å². The first kappa shape index (κ1) is 11.2. The molecule has 1 aliphatic carbocycles. The zero-order chi connectivity index (χ0) is 13.1. The third kappa shape index (κ3) is 1.39. The molecule has 2 aromatic rings. The second-order valence-corrected chi connectivity index (χ2v) is 5.64. The topological polar surface area (TPSA) is 51.0 Å². The molecule has 2 aliphatic rings. The van der Waals surface area contributed by atoms with Crippen molar-refractivity contribution in [3.05, 3.63) is 23.2 Å². The summed E-state index contributed by atoms with van der Waals surface area (Å²) in [6, 6.07) is 2.48. The fourth-order valence-corrected chi connectivity index (χ4v) is 3.62. The van der Waals surface area contributed by atoms with E-state index in [0.717, 1.165) is 30.3 Å². The van der Waals surface area contributed by atoms with Crippen LogP contribution in [-0.2, 0) is 0 Å². The van der Waals surface area contributed by atoms with E-state index in [9.17, 15) is 4.79 Å². The lowest BCUT2D eigenvalue weighted by molar-refractivity contribution is 0.0632. The Balaban J connectivity index is 2.04. The predicted octanol–water partition coefficient (Wildman–Crippen LogP) is 2.26. The molecule has 98 valence electrons. The first-order valence-electron chi connectivity index (χ1n) is 6.47. The summed E-state index contributed by atoms with van der Waals surface area (Å²) in [4.78, 5) is 22.6. The molecule has 19 heavy (non-hydrogen) atoms. The molecule has 6 heteroatoms. The van der Waals surface area contributed by atoms with E-state index in [-0.39, 0.29) is 17.2 Å². The van der Waals surface area contributed by atoms with Gasteiger partial charge in [0.15, 0.2) is 0 Å². The van der Waals surface area contributed by atoms with Crippen LogP contribution in [0.5, 0.6) is 0 Å². The summed E-state index contributed by atoms with van der Waals surface area (Å²) in [5.74, 6) is 0.0669. The van der Waals surface area contributed by atoms with Crippen LogP contribution >= 0.6 is 11.6 Å². The minimum atomic E-state index is 0.0669. The van der Waals surface area contributed by atoms with E-state index in [1.807, 2.05) is 18.0 Å². The summed E-state index contributed by atoms with van der Waals surface area (Å²) in [7, 11) is 1.89. The molecule has 1 saturated carbocycles. The average Bonchev–Trinajstić information content (AvgIpc) is 2.99. The van der Waals surface area contributed by atoms with E-state index in [0.29, 0.717) is 11.7 Å². The van der Waals surface area contributed by atoms with E-state index >= 15 is 0 Å². The van der Waals surface area contributed by atoms with Gasteiger partial charge in [-0.2, -0.15) is 4.98 Å². The van der Waals surface area contributed by atoms with E-state index in [1.54, 1.807) is 6.20 Å². The van der Waals surface area contributed by atoms with Crippen molar-refractivity contribution in [3.8, 4) is 0 Å². The quantitative estimate of drug-likeness (QED) is 0.694. The maximum atomic E-state index is 12.4. The van der Waals surface area contributed by atoms with Gasteiger partial charge in [0.25, 0.3) is 5.91 Å². The van der Waals surface area contributed by atoms with Crippen LogP contribution in [0.25, 0.3) is 11.0 Å². The van der Waals surface area contributed by atoms with Crippen LogP contribution in [0.2, 0.25) is 5.28 Å². The van der Waals surface area contributed by atoms with Gasteiger partial charge in [0.1, 0.15) is 11.3 Å². The van der Waals surface area contributed by atoms with Gasteiger partial charge in [-0.15, -0.1) is 0 Å². The lowest BCUT2D eigenvalue weighted by Crippen LogP contribution is -2.46. The average molecular weight is 277 g/mol. The number of hydrogen-bond donors (Lipinski definition) is 0. The number of hydrogen-bond acceptors (Lipinski definition) is 3. The van der Waals surface area contributed by atoms with Gasteiger partial charge in [-0.25, -0.2) is 4.98 Å². The highest BCUT2D eigenvalue weighted by molar-refractivity contribution is 6.28. The van der Waals surface area contributed by atoms with E-state index in [2.05, 4.69) is 14.5 Å². The van der Waals surface area contributed by atoms with Gasteiger partial charge < -0.3 is 9.47 Å². The number of likely N-dealkylation sites (N-methyl/N-ethyl adjacent to an activating group) is 1. The van der Waals surface area contributed by atoms with Gasteiger partial charge in [0, 0.05) is 18.6 Å². The van der Waals surface area contributed by atoms with E-state index in [1.165, 1.54) is 0 Å². The number of carbonyl (C=O) groups excluding carboxylic acids is 1. The molecule has 0 aromatic carbocycles. The Hall–Kier alpha value is -1.62. The van der Waals surface area contributed by atoms with Crippen molar-refractivity contribution in [2.24, 2.45) is 0 Å². The van der Waals surface area contributed by atoms with Gasteiger partial charge in [-0.3, -0.25) is 4.79 Å². The summed E-state index contributed by atoms with van der Waals surface area (Å²) in [5, 5.41) is 1.11. The summed E-state index contributed by atoms with van der Waals surface area (Å²) in [5.41, 5.74) is 1.49. The second kappa shape index (κ2) is 3.70. The Morgan fingerprint density at radius 2 is 2.16 bits per heavy atom. The minimum absolute atomic E-state index is 0.0669. The number of fused-ring (bicyclic) bond motifs is 5. The predicted molar refractivity (Wildman–Crippen MR) is 71.3 cm³/mol. The third-order valence-corrected chi connectivity index (χ3v) is 4.54. The van der Waals surface area contributed by atoms with Gasteiger partial charge in [-0.1, -0.05) is 0 Å². The number of halogens is 1. The zero-order valence-electron chi connectivity index (χ0n) is 10.5. The monoisotopic (exact) mass is 276 g/mol. The molecule has 0 bridgehead atoms. The van der Waals surface area contributed by atoms with Crippen molar-refractivity contribution >= 4 is 28.5 Å². The number of rotatable bonds is 0. The van der Waals surface area contributed by atoms with Crippen LogP contribution in [0.3, 0.4) is 0 Å². The van der Waals surface area contributed by atoms with Crippen LogP contribution in [0.1, 0.15) is 35.8 Å². The number of aromatic nitrogens is 3. The maximum Gasteiger partial charge on any atom is 0.270 e. The van der Waals surface area contributed by atoms with E-state index < -0.39 is 0 Å². The number of carbonyl (C=O) groups is 1. The molecule has 0 radical (unpaired) electrons. The minimum Gasteiger partial charge on any atom is -0.335 e. The van der Waals surface area contributed by atoms with Crippen molar-refractivity contribution in [1.82, 2.24) is 19.4 Å². The Morgan fingerprint density at radius 1 is 1.37 bits per heavy atom. The Kier molecular flexibility index (Phi) is 2.18. The van der Waals surface area contributed by atoms with Crippen LogP contribution in [0.4, 0.5) is 0 Å². The largest absolute Gasteiger partial charge is 0.335 e. The lowest BCUT2D eigenvalue weighted by atomic mass is 10.1. The molecule has 1 fully saturated rings. The SMILES string of the molecule is CN1C(=O)c2cc3cnc(Cl)nc3n2C2CCCC21. The molecular formula is C13H13ClN4O. The summed E-state index contributed by atoms with van der Waals surface area (Å²) < 4.78 is 2.07. The molecular weight excluding hydrogens is 264 g/mol. The lowest BCUT2D eigenvalue weighted by Gasteiger charge is -2.36. The molecule has 5 nitrogen and oxygen atoms in total. The summed E-state index contributed by atoms with van der Waals surface area (Å²) in [6.45, 7) is 0. The Bertz CT molecular complexity index is 695. The normalized spacial score (nSPS) is 25.8. The van der Waals surface area contributed by atoms with Crippen molar-refractivity contribution < 1.29 is 4.79 Å². The Labute approximate surface area is 115 Å². The zero-order valence-corrected chi connectivity index (χ0v) is 11.3. The first-order valence-corrected chi connectivity index (χ1v) is 6.85. The molecule has 3 heterocycles. The molecule has 2 atom stereocenters. The highest BCUT2D eigenvalue weighted by Crippen LogP contribution is 2.40. The van der Waals surface area contributed by atoms with Gasteiger partial charge in [0.2, 0.25) is 5.28 Å². The van der Waals surface area contributed by atoms with Crippen molar-refractivity contribution in [3.63, 3.8) is 0 Å². The first-order chi connectivity index (χ1) is 9.16. The molecule has 2 aromatic heterocycles. The fourth-order valence-electron chi connectivity index (χ4n) is 3.49. The fraction of sp³-hybridized carbons (Fsp3) is 0.462. The maximum absolute atomic E-state index is 12.4. The second-order valence-electron chi connectivity index (χ2n) is 5.30. The van der Waals surface area contributed by atoms with Gasteiger partial charge in [-0.05, 0) is 36.9 Å². The molecule has 0 spiro atoms. The highest BCUT2D eigenvalue weighted by atomic mass is 35.5. The molecule has 1 amide bonds. The summed E-state index contributed by atoms with van der Waals surface area (Å²) in [6.07, 6.45) is 4.98. The number of amides is 1. The van der Waals surface area contributed by atoms with Crippen molar-refractivity contribution in [2.45, 2.75) is 31.3 Å². The molecule has 0 N–H and O–H groups in total. The molecule has 2 unspecified atom stereocenters. The van der Waals surface area contributed by atoms with E-state index in [4.69, 9.17) is 11.6 Å². The van der Waals surface area contributed by atoms with Crippen LogP contribution in [-0.4, -0.2) is 38.4 Å². The highest BCUT2D eigenvalue weighted by Gasteiger charge is 2.41. The van der Waals surface area contributed by atoms with Crippen LogP contribution in [0.15, 0.2) is 12.3 Å². The van der Waals surface area contributed by atoms with Crippen LogP contribution in [0, 0.1) is 0 Å². The van der Waals surface area contributed by atoms with Crippen LogP contribution < -0.4 is 0 Å². The Morgan fingerprint density at radius 3 is 3.00 bits per heavy atom. The molecule has 1 aliphatic heterocycles. The number of nitrogens with zero attached hydrogens (tertiary/aromatic N) is 4. The molecule has 4 rings (SSSR count). The summed E-state index contributed by atoms with van der Waals surface area (Å²) >= 11 is 5.90. The third-order valence-electron chi connectivity index (χ3n) is 4.36. The van der Waals surface area contributed by atoms with Gasteiger partial charge in [0.05, 0.1) is 12.1 Å².